The second-order valence-corrected chi connectivity index (χ2v) is 9.24. The molecule has 1 aliphatic heterocycles. The molecule has 3 rings (SSSR count). The predicted molar refractivity (Wildman–Crippen MR) is 136 cm³/mol. The molecular formula is C25H28N2O3S2. The van der Waals surface area contributed by atoms with Gasteiger partial charge in [-0.3, -0.25) is 14.5 Å². The maximum Gasteiger partial charge on any atom is 0.266 e. The van der Waals surface area contributed by atoms with Crippen molar-refractivity contribution in [3.05, 3.63) is 64.6 Å². The van der Waals surface area contributed by atoms with E-state index in [4.69, 9.17) is 17.0 Å². The number of carbonyl (C=O) groups is 2. The molecule has 2 aromatic carbocycles. The molecule has 1 N–H and O–H groups in total. The van der Waals surface area contributed by atoms with E-state index in [0.717, 1.165) is 36.3 Å². The monoisotopic (exact) mass is 468 g/mol. The van der Waals surface area contributed by atoms with Gasteiger partial charge in [-0.25, -0.2) is 0 Å². The van der Waals surface area contributed by atoms with Gasteiger partial charge in [-0.1, -0.05) is 60.2 Å². The van der Waals surface area contributed by atoms with E-state index in [1.165, 1.54) is 17.3 Å². The summed E-state index contributed by atoms with van der Waals surface area (Å²) in [6.45, 7) is 5.16. The highest BCUT2D eigenvalue weighted by atomic mass is 32.2. The first-order valence-electron chi connectivity index (χ1n) is 10.8. The number of aryl methyl sites for hydroxylation is 1. The molecule has 0 saturated carbocycles. The molecule has 168 valence electrons. The fraction of sp³-hybridized carbons (Fsp3) is 0.320. The van der Waals surface area contributed by atoms with Crippen molar-refractivity contribution in [3.8, 4) is 5.75 Å². The predicted octanol–water partition coefficient (Wildman–Crippen LogP) is 5.79. The van der Waals surface area contributed by atoms with E-state index in [0.29, 0.717) is 28.8 Å². The summed E-state index contributed by atoms with van der Waals surface area (Å²) in [5.74, 6) is 0.740. The van der Waals surface area contributed by atoms with Crippen LogP contribution in [0.25, 0.3) is 6.08 Å². The van der Waals surface area contributed by atoms with Crippen molar-refractivity contribution in [2.75, 3.05) is 18.5 Å². The summed E-state index contributed by atoms with van der Waals surface area (Å²) in [5.41, 5.74) is 2.94. The van der Waals surface area contributed by atoms with E-state index in [2.05, 4.69) is 5.32 Å². The second-order valence-electron chi connectivity index (χ2n) is 7.56. The molecule has 0 unspecified atom stereocenters. The summed E-state index contributed by atoms with van der Waals surface area (Å²) in [7, 11) is 0. The highest BCUT2D eigenvalue weighted by molar-refractivity contribution is 8.26. The molecule has 1 heterocycles. The quantitative estimate of drug-likeness (QED) is 0.272. The molecule has 0 aromatic heterocycles. The van der Waals surface area contributed by atoms with E-state index in [1.807, 2.05) is 68.5 Å². The lowest BCUT2D eigenvalue weighted by Crippen LogP contribution is -2.29. The summed E-state index contributed by atoms with van der Waals surface area (Å²) in [5, 5.41) is 2.90. The lowest BCUT2D eigenvalue weighted by Gasteiger charge is -2.14. The van der Waals surface area contributed by atoms with Gasteiger partial charge in [0, 0.05) is 18.7 Å². The number of nitrogens with one attached hydrogen (secondary N) is 1. The lowest BCUT2D eigenvalue weighted by molar-refractivity contribution is -0.122. The van der Waals surface area contributed by atoms with Crippen LogP contribution in [0.2, 0.25) is 0 Å². The summed E-state index contributed by atoms with van der Waals surface area (Å²) >= 11 is 6.75. The van der Waals surface area contributed by atoms with Crippen molar-refractivity contribution in [1.82, 2.24) is 4.90 Å². The summed E-state index contributed by atoms with van der Waals surface area (Å²) in [6, 6.07) is 15.4. The molecule has 32 heavy (non-hydrogen) atoms. The number of unbranched alkanes of at least 4 members (excludes halogenated alkanes) is 2. The first-order valence-corrected chi connectivity index (χ1v) is 12.0. The van der Waals surface area contributed by atoms with Gasteiger partial charge in [-0.05, 0) is 62.6 Å². The van der Waals surface area contributed by atoms with Crippen LogP contribution in [0, 0.1) is 6.92 Å². The fourth-order valence-corrected chi connectivity index (χ4v) is 4.57. The molecule has 2 aromatic rings. The number of benzene rings is 2. The highest BCUT2D eigenvalue weighted by Gasteiger charge is 2.31. The molecule has 1 fully saturated rings. The van der Waals surface area contributed by atoms with E-state index < -0.39 is 0 Å². The Bertz CT molecular complexity index is 985. The first-order chi connectivity index (χ1) is 15.5. The summed E-state index contributed by atoms with van der Waals surface area (Å²) < 4.78 is 6.00. The van der Waals surface area contributed by atoms with Crippen molar-refractivity contribution in [2.24, 2.45) is 0 Å². The highest BCUT2D eigenvalue weighted by Crippen LogP contribution is 2.32. The Balaban J connectivity index is 1.38. The van der Waals surface area contributed by atoms with Gasteiger partial charge < -0.3 is 10.1 Å². The minimum absolute atomic E-state index is 0.0131. The van der Waals surface area contributed by atoms with Crippen LogP contribution in [-0.2, 0) is 9.59 Å². The molecule has 0 radical (unpaired) electrons. The van der Waals surface area contributed by atoms with Crippen molar-refractivity contribution < 1.29 is 14.3 Å². The average Bonchev–Trinajstić information content (AvgIpc) is 3.04. The Kier molecular flexibility index (Phi) is 8.88. The van der Waals surface area contributed by atoms with Crippen LogP contribution < -0.4 is 10.1 Å². The van der Waals surface area contributed by atoms with Crippen LogP contribution in [0.4, 0.5) is 5.69 Å². The second kappa shape index (κ2) is 11.8. The molecule has 0 bridgehead atoms. The molecule has 0 spiro atoms. The molecular weight excluding hydrogens is 440 g/mol. The van der Waals surface area contributed by atoms with Gasteiger partial charge in [0.25, 0.3) is 5.91 Å². The number of ether oxygens (including phenoxy) is 1. The maximum absolute atomic E-state index is 12.7. The standard InChI is InChI=1S/C25H28N2O3S2/c1-3-30-21-14-12-20(13-15-21)26-23(28)7-5-4-6-16-27-24(29)22(32-25(27)31)17-19-10-8-18(2)9-11-19/h8-15,17H,3-7,16H2,1-2H3,(H,26,28)/b22-17-. The number of rotatable bonds is 10. The number of carbonyl (C=O) groups excluding carboxylic acids is 2. The lowest BCUT2D eigenvalue weighted by atomic mass is 10.1. The van der Waals surface area contributed by atoms with E-state index in [1.54, 1.807) is 4.90 Å². The van der Waals surface area contributed by atoms with Gasteiger partial charge in [0.1, 0.15) is 10.1 Å². The van der Waals surface area contributed by atoms with E-state index in [9.17, 15) is 9.59 Å². The SMILES string of the molecule is CCOc1ccc(NC(=O)CCCCCN2C(=O)/C(=C/c3ccc(C)cc3)SC2=S)cc1. The molecule has 5 nitrogen and oxygen atoms in total. The topological polar surface area (TPSA) is 58.6 Å². The summed E-state index contributed by atoms with van der Waals surface area (Å²) in [6.07, 6.45) is 4.76. The zero-order valence-corrected chi connectivity index (χ0v) is 20.1. The zero-order valence-electron chi connectivity index (χ0n) is 18.4. The van der Waals surface area contributed by atoms with Gasteiger partial charge in [0.2, 0.25) is 5.91 Å². The van der Waals surface area contributed by atoms with Crippen molar-refractivity contribution in [1.29, 1.82) is 0 Å². The van der Waals surface area contributed by atoms with Crippen LogP contribution in [-0.4, -0.2) is 34.2 Å². The third kappa shape index (κ3) is 6.93. The number of anilines is 1. The smallest absolute Gasteiger partial charge is 0.266 e. The minimum atomic E-state index is -0.0335. The number of hydrogen-bond donors (Lipinski definition) is 1. The largest absolute Gasteiger partial charge is 0.494 e. The van der Waals surface area contributed by atoms with E-state index >= 15 is 0 Å². The van der Waals surface area contributed by atoms with E-state index in [-0.39, 0.29) is 11.8 Å². The fourth-order valence-electron chi connectivity index (χ4n) is 3.26. The van der Waals surface area contributed by atoms with Crippen LogP contribution in [0.5, 0.6) is 5.75 Å². The molecule has 2 amide bonds. The maximum atomic E-state index is 12.7. The molecule has 1 aliphatic rings. The Morgan fingerprint density at radius 2 is 1.81 bits per heavy atom. The Morgan fingerprint density at radius 1 is 1.09 bits per heavy atom. The molecule has 0 aliphatic carbocycles. The van der Waals surface area contributed by atoms with Crippen LogP contribution >= 0.6 is 24.0 Å². The van der Waals surface area contributed by atoms with Gasteiger partial charge in [-0.2, -0.15) is 0 Å². The van der Waals surface area contributed by atoms with Crippen molar-refractivity contribution in [3.63, 3.8) is 0 Å². The first kappa shape index (κ1) is 24.0. The zero-order chi connectivity index (χ0) is 22.9. The Labute approximate surface area is 199 Å². The van der Waals surface area contributed by atoms with Gasteiger partial charge in [0.15, 0.2) is 0 Å². The third-order valence-electron chi connectivity index (χ3n) is 4.98. The normalized spacial score (nSPS) is 14.8. The number of hydrogen-bond acceptors (Lipinski definition) is 5. The molecule has 1 saturated heterocycles. The van der Waals surface area contributed by atoms with Gasteiger partial charge >= 0.3 is 0 Å². The molecule has 0 atom stereocenters. The number of thioether (sulfide) groups is 1. The van der Waals surface area contributed by atoms with Gasteiger partial charge in [0.05, 0.1) is 11.5 Å². The Morgan fingerprint density at radius 3 is 2.50 bits per heavy atom. The third-order valence-corrected chi connectivity index (χ3v) is 6.36. The molecule has 7 heteroatoms. The number of amides is 2. The van der Waals surface area contributed by atoms with Crippen molar-refractivity contribution in [2.45, 2.75) is 39.5 Å². The average molecular weight is 469 g/mol. The van der Waals surface area contributed by atoms with Crippen LogP contribution in [0.1, 0.15) is 43.7 Å². The summed E-state index contributed by atoms with van der Waals surface area (Å²) in [4.78, 5) is 27.2. The van der Waals surface area contributed by atoms with Gasteiger partial charge in [-0.15, -0.1) is 0 Å². The number of thiocarbonyl (C=S) groups is 1. The van der Waals surface area contributed by atoms with Crippen LogP contribution in [0.3, 0.4) is 0 Å². The minimum Gasteiger partial charge on any atom is -0.494 e. The van der Waals surface area contributed by atoms with Crippen molar-refractivity contribution >= 4 is 51.9 Å². The van der Waals surface area contributed by atoms with Crippen LogP contribution in [0.15, 0.2) is 53.4 Å². The number of nitrogens with zero attached hydrogens (tertiary/aromatic N) is 1. The Hall–Kier alpha value is -2.64.